The molecule has 0 amide bonds. The summed E-state index contributed by atoms with van der Waals surface area (Å²) < 4.78 is 14.1. The van der Waals surface area contributed by atoms with Gasteiger partial charge in [0.25, 0.3) is 0 Å². The molecule has 3 atom stereocenters. The number of fused-ring (bicyclic) bond motifs is 1. The van der Waals surface area contributed by atoms with E-state index in [4.69, 9.17) is 9.47 Å². The number of hydrogen-bond acceptors (Lipinski definition) is 9. The molecular formula is C28H31N3O4S2. The van der Waals surface area contributed by atoms with Crippen molar-refractivity contribution in [1.82, 2.24) is 4.72 Å². The number of nitrogens with zero attached hydrogens (tertiary/aromatic N) is 2. The van der Waals surface area contributed by atoms with Crippen LogP contribution in [0.5, 0.6) is 0 Å². The largest absolute Gasteiger partial charge is 0.393 e. The number of rotatable bonds is 7. The highest BCUT2D eigenvalue weighted by Gasteiger charge is 2.26. The molecule has 5 rings (SSSR count). The average molecular weight is 538 g/mol. The number of aliphatic hydroxyl groups is 2. The number of nitrogens with one attached hydrogen (secondary N) is 1. The van der Waals surface area contributed by atoms with Crippen molar-refractivity contribution in [3.05, 3.63) is 58.3 Å². The molecule has 3 N–H and O–H groups in total. The normalized spacial score (nSPS) is 23.1. The van der Waals surface area contributed by atoms with E-state index in [1.807, 2.05) is 6.92 Å². The molecule has 2 aromatic carbocycles. The molecule has 1 aromatic heterocycles. The Morgan fingerprint density at radius 1 is 1.11 bits per heavy atom. The van der Waals surface area contributed by atoms with Gasteiger partial charge < -0.3 is 24.6 Å². The number of thiophene rings is 1. The number of nitriles is 1. The minimum atomic E-state index is -0.945. The van der Waals surface area contributed by atoms with E-state index in [0.717, 1.165) is 47.2 Å². The van der Waals surface area contributed by atoms with Crippen LogP contribution in [-0.4, -0.2) is 61.6 Å². The fourth-order valence-corrected chi connectivity index (χ4v) is 6.49. The average Bonchev–Trinajstić information content (AvgIpc) is 3.41. The maximum absolute atomic E-state index is 9.82. The molecule has 3 heterocycles. The zero-order chi connectivity index (χ0) is 25.8. The van der Waals surface area contributed by atoms with Crippen molar-refractivity contribution in [3.8, 4) is 16.5 Å². The van der Waals surface area contributed by atoms with Crippen LogP contribution in [0.25, 0.3) is 26.8 Å². The topological polar surface area (TPSA) is 98.0 Å². The van der Waals surface area contributed by atoms with Gasteiger partial charge in [-0.25, -0.2) is 0 Å². The Labute approximate surface area is 225 Å². The van der Waals surface area contributed by atoms with Crippen molar-refractivity contribution in [2.45, 2.75) is 38.3 Å². The van der Waals surface area contributed by atoms with E-state index in [2.05, 4.69) is 64.2 Å². The van der Waals surface area contributed by atoms with Crippen LogP contribution in [-0.2, 0) is 9.47 Å². The molecule has 37 heavy (non-hydrogen) atoms. The maximum atomic E-state index is 9.82. The predicted octanol–water partition coefficient (Wildman–Crippen LogP) is 4.76. The monoisotopic (exact) mass is 537 g/mol. The molecular weight excluding hydrogens is 506 g/mol. The molecule has 0 saturated carbocycles. The first-order valence-electron chi connectivity index (χ1n) is 12.5. The summed E-state index contributed by atoms with van der Waals surface area (Å²) in [5.41, 5.74) is 3.31. The van der Waals surface area contributed by atoms with Crippen molar-refractivity contribution >= 4 is 45.3 Å². The quantitative estimate of drug-likeness (QED) is 0.293. The van der Waals surface area contributed by atoms with E-state index in [9.17, 15) is 15.5 Å². The van der Waals surface area contributed by atoms with Crippen LogP contribution in [0.15, 0.2) is 53.4 Å². The van der Waals surface area contributed by atoms with Gasteiger partial charge in [-0.1, -0.05) is 18.2 Å². The summed E-state index contributed by atoms with van der Waals surface area (Å²) in [4.78, 5) is 5.15. The molecule has 0 bridgehead atoms. The van der Waals surface area contributed by atoms with Gasteiger partial charge in [0.1, 0.15) is 11.0 Å². The fourth-order valence-electron chi connectivity index (χ4n) is 4.70. The highest BCUT2D eigenvalue weighted by Crippen LogP contribution is 2.36. The third-order valence-electron chi connectivity index (χ3n) is 6.75. The predicted molar refractivity (Wildman–Crippen MR) is 150 cm³/mol. The van der Waals surface area contributed by atoms with Crippen molar-refractivity contribution in [3.63, 3.8) is 0 Å². The van der Waals surface area contributed by atoms with Crippen molar-refractivity contribution in [2.24, 2.45) is 0 Å². The fraction of sp³-hybridized carbons (Fsp3) is 0.393. The molecule has 194 valence electrons. The Balaban J connectivity index is 1.26. The molecule has 2 fully saturated rings. The lowest BCUT2D eigenvalue weighted by Gasteiger charge is -2.30. The zero-order valence-electron chi connectivity index (χ0n) is 20.7. The second kappa shape index (κ2) is 12.0. The first-order valence-corrected chi connectivity index (χ1v) is 14.1. The van der Waals surface area contributed by atoms with Gasteiger partial charge >= 0.3 is 0 Å². The van der Waals surface area contributed by atoms with Crippen molar-refractivity contribution < 1.29 is 19.7 Å². The lowest BCUT2D eigenvalue weighted by molar-refractivity contribution is -0.186. The molecule has 3 unspecified atom stereocenters. The zero-order valence-corrected chi connectivity index (χ0v) is 22.4. The van der Waals surface area contributed by atoms with E-state index in [1.165, 1.54) is 28.4 Å². The summed E-state index contributed by atoms with van der Waals surface area (Å²) in [7, 11) is 0. The molecule has 2 aliphatic rings. The summed E-state index contributed by atoms with van der Waals surface area (Å²) in [6.07, 6.45) is -1.11. The van der Waals surface area contributed by atoms with Crippen molar-refractivity contribution in [1.29, 1.82) is 5.26 Å². The van der Waals surface area contributed by atoms with Gasteiger partial charge in [0.2, 0.25) is 0 Å². The van der Waals surface area contributed by atoms with Crippen LogP contribution in [0.2, 0.25) is 0 Å². The Morgan fingerprint density at radius 3 is 2.68 bits per heavy atom. The lowest BCUT2D eigenvalue weighted by Crippen LogP contribution is -2.39. The second-order valence-electron chi connectivity index (χ2n) is 9.36. The van der Waals surface area contributed by atoms with Crippen LogP contribution in [0.1, 0.15) is 24.6 Å². The van der Waals surface area contributed by atoms with E-state index in [0.29, 0.717) is 17.9 Å². The Hall–Kier alpha value is -2.42. The molecule has 0 spiro atoms. The molecule has 3 aromatic rings. The molecule has 0 radical (unpaired) electrons. The highest BCUT2D eigenvalue weighted by atomic mass is 32.2. The van der Waals surface area contributed by atoms with Gasteiger partial charge in [-0.15, -0.1) is 11.3 Å². The minimum Gasteiger partial charge on any atom is -0.393 e. The van der Waals surface area contributed by atoms with Crippen LogP contribution >= 0.6 is 23.3 Å². The number of aliphatic hydroxyl groups excluding tert-OH is 2. The highest BCUT2D eigenvalue weighted by molar-refractivity contribution is 8.01. The maximum Gasteiger partial charge on any atom is 0.157 e. The first-order chi connectivity index (χ1) is 18.0. The summed E-state index contributed by atoms with van der Waals surface area (Å²) in [5, 5.41) is 31.7. The Morgan fingerprint density at radius 2 is 1.89 bits per heavy atom. The SMILES string of the molecule is C/C(=C(/C#N)SNCC1CC(O)CC(O)O1)c1ccc(-c2ccc3cc(N4CCOCC4)ccc3c2)s1. The van der Waals surface area contributed by atoms with Gasteiger partial charge in [-0.3, -0.25) is 4.72 Å². The number of allylic oxidation sites excluding steroid dienone is 2. The summed E-state index contributed by atoms with van der Waals surface area (Å²) >= 11 is 2.93. The van der Waals surface area contributed by atoms with E-state index in [-0.39, 0.29) is 12.5 Å². The molecule has 7 nitrogen and oxygen atoms in total. The van der Waals surface area contributed by atoms with Gasteiger partial charge in [0.15, 0.2) is 6.29 Å². The smallest absolute Gasteiger partial charge is 0.157 e. The number of benzene rings is 2. The van der Waals surface area contributed by atoms with Crippen LogP contribution in [0.3, 0.4) is 0 Å². The molecule has 2 saturated heterocycles. The van der Waals surface area contributed by atoms with E-state index < -0.39 is 12.4 Å². The van der Waals surface area contributed by atoms with Crippen LogP contribution in [0.4, 0.5) is 5.69 Å². The van der Waals surface area contributed by atoms with Gasteiger partial charge in [0, 0.05) is 47.9 Å². The number of ether oxygens (including phenoxy) is 2. The summed E-state index contributed by atoms with van der Waals surface area (Å²) in [5.74, 6) is 0. The first kappa shape index (κ1) is 26.2. The van der Waals surface area contributed by atoms with Gasteiger partial charge in [-0.05, 0) is 71.1 Å². The molecule has 2 aliphatic heterocycles. The standard InChI is InChI=1S/C28H31N3O4S2/c1-18(27(16-29)37-30-17-24-14-23(32)15-28(33)35-24)25-6-7-26(36-25)21-3-2-20-13-22(5-4-19(20)12-21)31-8-10-34-11-9-31/h2-7,12-13,23-24,28,30,32-33H,8-11,14-15,17H2,1H3/b27-18+. The number of hydrogen-bond donors (Lipinski definition) is 3. The van der Waals surface area contributed by atoms with E-state index >= 15 is 0 Å². The van der Waals surface area contributed by atoms with Crippen LogP contribution < -0.4 is 9.62 Å². The van der Waals surface area contributed by atoms with E-state index in [1.54, 1.807) is 11.3 Å². The minimum absolute atomic E-state index is 0.236. The Kier molecular flexibility index (Phi) is 8.47. The Bertz CT molecular complexity index is 1300. The number of morpholine rings is 1. The third kappa shape index (κ3) is 6.36. The van der Waals surface area contributed by atoms with Gasteiger partial charge in [0.05, 0.1) is 25.4 Å². The third-order valence-corrected chi connectivity index (χ3v) is 8.91. The second-order valence-corrected chi connectivity index (χ2v) is 11.3. The molecule has 9 heteroatoms. The van der Waals surface area contributed by atoms with Gasteiger partial charge in [-0.2, -0.15) is 5.26 Å². The van der Waals surface area contributed by atoms with Crippen LogP contribution in [0, 0.1) is 11.3 Å². The molecule has 0 aliphatic carbocycles. The summed E-state index contributed by atoms with van der Waals surface area (Å²) in [6, 6.07) is 19.7. The summed E-state index contributed by atoms with van der Waals surface area (Å²) in [6.45, 7) is 5.78. The van der Waals surface area contributed by atoms with Crippen molar-refractivity contribution in [2.75, 3.05) is 37.7 Å². The lowest BCUT2D eigenvalue weighted by atomic mass is 10.0. The number of anilines is 1.